The third-order valence-electron chi connectivity index (χ3n) is 6.39. The third-order valence-corrected chi connectivity index (χ3v) is 6.39. The number of hydrogen-bond acceptors (Lipinski definition) is 2. The number of rotatable bonds is 8. The van der Waals surface area contributed by atoms with Gasteiger partial charge in [0.2, 0.25) is 0 Å². The molecule has 0 aliphatic carbocycles. The maximum absolute atomic E-state index is 12.2. The van der Waals surface area contributed by atoms with Crippen molar-refractivity contribution in [3.05, 3.63) is 0 Å². The van der Waals surface area contributed by atoms with Crippen LogP contribution < -0.4 is 4.90 Å². The molecule has 1 fully saturated rings. The van der Waals surface area contributed by atoms with Gasteiger partial charge in [0.05, 0.1) is 32.7 Å². The van der Waals surface area contributed by atoms with Crippen LogP contribution in [0.5, 0.6) is 0 Å². The van der Waals surface area contributed by atoms with Crippen LogP contribution in [-0.2, 0) is 9.53 Å². The molecule has 1 saturated heterocycles. The topological polar surface area (TPSA) is 30.7 Å². The van der Waals surface area contributed by atoms with Crippen LogP contribution in [0.2, 0.25) is 0 Å². The second-order valence-electron chi connectivity index (χ2n) is 10.9. The van der Waals surface area contributed by atoms with E-state index in [4.69, 9.17) is 4.74 Å². The maximum Gasteiger partial charge on any atom is 0.311 e. The quantitative estimate of drug-likeness (QED) is 0.669. The van der Waals surface area contributed by atoms with Crippen LogP contribution in [0.1, 0.15) is 80.6 Å². The monoisotopic (exact) mass is 354 g/mol. The Balaban J connectivity index is 2.70. The van der Waals surface area contributed by atoms with Crippen LogP contribution in [0, 0.1) is 28.1 Å². The SMILES string of the molecule is CCC(C)(CCC(C)(C)CC1C[NH+](C)CC1CC(C)(C)C)C(=O)OC. The molecule has 0 aromatic carbocycles. The summed E-state index contributed by atoms with van der Waals surface area (Å²) in [6.07, 6.45) is 5.44. The molecule has 3 nitrogen and oxygen atoms in total. The fourth-order valence-electron chi connectivity index (χ4n) is 4.67. The minimum absolute atomic E-state index is 0.0542. The van der Waals surface area contributed by atoms with Crippen molar-refractivity contribution in [1.29, 1.82) is 0 Å². The lowest BCUT2D eigenvalue weighted by atomic mass is 9.70. The lowest BCUT2D eigenvalue weighted by molar-refractivity contribution is -0.869. The summed E-state index contributed by atoms with van der Waals surface area (Å²) >= 11 is 0. The average Bonchev–Trinajstić information content (AvgIpc) is 2.80. The molecule has 0 spiro atoms. The summed E-state index contributed by atoms with van der Waals surface area (Å²) in [5.74, 6) is 1.58. The minimum atomic E-state index is -0.339. The van der Waals surface area contributed by atoms with E-state index in [-0.39, 0.29) is 16.8 Å². The molecule has 0 aromatic heterocycles. The van der Waals surface area contributed by atoms with Crippen LogP contribution in [0.25, 0.3) is 0 Å². The van der Waals surface area contributed by atoms with Crippen molar-refractivity contribution in [1.82, 2.24) is 0 Å². The van der Waals surface area contributed by atoms with Gasteiger partial charge < -0.3 is 9.64 Å². The van der Waals surface area contributed by atoms with Crippen LogP contribution in [-0.4, -0.2) is 33.2 Å². The van der Waals surface area contributed by atoms with Gasteiger partial charge in [0.1, 0.15) is 0 Å². The second-order valence-corrected chi connectivity index (χ2v) is 10.9. The number of ether oxygens (including phenoxy) is 1. The summed E-state index contributed by atoms with van der Waals surface area (Å²) in [7, 11) is 3.85. The molecule has 0 bridgehead atoms. The number of quaternary nitrogens is 1. The molecule has 1 aliphatic heterocycles. The van der Waals surface area contributed by atoms with Gasteiger partial charge in [0, 0.05) is 11.8 Å². The van der Waals surface area contributed by atoms with E-state index in [0.717, 1.165) is 31.1 Å². The van der Waals surface area contributed by atoms with Crippen molar-refractivity contribution in [2.45, 2.75) is 80.6 Å². The number of likely N-dealkylation sites (tertiary alicyclic amines) is 1. The summed E-state index contributed by atoms with van der Waals surface area (Å²) in [5.41, 5.74) is 0.341. The number of hydrogen-bond donors (Lipinski definition) is 1. The molecule has 0 amide bonds. The Hall–Kier alpha value is -0.570. The minimum Gasteiger partial charge on any atom is -0.469 e. The van der Waals surface area contributed by atoms with Crippen molar-refractivity contribution in [2.24, 2.45) is 28.1 Å². The molecular formula is C22H44NO2+. The average molecular weight is 355 g/mol. The molecule has 148 valence electrons. The van der Waals surface area contributed by atoms with Gasteiger partial charge in [-0.2, -0.15) is 0 Å². The van der Waals surface area contributed by atoms with Crippen LogP contribution in [0.15, 0.2) is 0 Å². The van der Waals surface area contributed by atoms with E-state index in [2.05, 4.69) is 55.5 Å². The van der Waals surface area contributed by atoms with Gasteiger partial charge in [-0.1, -0.05) is 41.5 Å². The summed E-state index contributed by atoms with van der Waals surface area (Å²) in [6.45, 7) is 18.6. The van der Waals surface area contributed by atoms with E-state index in [1.165, 1.54) is 33.0 Å². The van der Waals surface area contributed by atoms with Gasteiger partial charge in [-0.3, -0.25) is 4.79 Å². The normalized spacial score (nSPS) is 27.2. The summed E-state index contributed by atoms with van der Waals surface area (Å²) in [4.78, 5) is 13.8. The molecular weight excluding hydrogens is 310 g/mol. The molecule has 4 atom stereocenters. The predicted octanol–water partition coefficient (Wildman–Crippen LogP) is 3.97. The fourth-order valence-corrected chi connectivity index (χ4v) is 4.67. The zero-order chi connectivity index (χ0) is 19.5. The molecule has 25 heavy (non-hydrogen) atoms. The molecule has 0 radical (unpaired) electrons. The first-order valence-electron chi connectivity index (χ1n) is 10.2. The van der Waals surface area contributed by atoms with E-state index in [1.807, 2.05) is 0 Å². The van der Waals surface area contributed by atoms with Crippen LogP contribution in [0.3, 0.4) is 0 Å². The Morgan fingerprint density at radius 1 is 1.00 bits per heavy atom. The van der Waals surface area contributed by atoms with Gasteiger partial charge in [-0.15, -0.1) is 0 Å². The van der Waals surface area contributed by atoms with Gasteiger partial charge in [0.15, 0.2) is 0 Å². The standard InChI is InChI=1S/C22H43NO2/c1-10-22(7,19(24)25-9)12-11-21(5,6)14-18-16-23(8)15-17(18)13-20(2,3)4/h17-18H,10-16H2,1-9H3/p+1. The predicted molar refractivity (Wildman–Crippen MR) is 106 cm³/mol. The zero-order valence-electron chi connectivity index (χ0n) is 18.4. The van der Waals surface area contributed by atoms with Crippen molar-refractivity contribution in [3.63, 3.8) is 0 Å². The number of carbonyl (C=O) groups is 1. The Morgan fingerprint density at radius 3 is 1.96 bits per heavy atom. The van der Waals surface area contributed by atoms with Gasteiger partial charge in [-0.25, -0.2) is 0 Å². The van der Waals surface area contributed by atoms with E-state index in [0.29, 0.717) is 5.41 Å². The first-order valence-corrected chi connectivity index (χ1v) is 10.2. The van der Waals surface area contributed by atoms with Gasteiger partial charge in [0.25, 0.3) is 0 Å². The highest BCUT2D eigenvalue weighted by Gasteiger charge is 2.41. The summed E-state index contributed by atoms with van der Waals surface area (Å²) in [6, 6.07) is 0. The van der Waals surface area contributed by atoms with E-state index in [9.17, 15) is 4.79 Å². The smallest absolute Gasteiger partial charge is 0.311 e. The van der Waals surface area contributed by atoms with Crippen LogP contribution in [0.4, 0.5) is 0 Å². The summed E-state index contributed by atoms with van der Waals surface area (Å²) in [5, 5.41) is 0. The van der Waals surface area contributed by atoms with Gasteiger partial charge in [-0.05, 0) is 49.9 Å². The second kappa shape index (κ2) is 8.41. The molecule has 1 rings (SSSR count). The number of carbonyl (C=O) groups excluding carboxylic acids is 1. The largest absolute Gasteiger partial charge is 0.469 e. The fraction of sp³-hybridized carbons (Fsp3) is 0.955. The molecule has 4 unspecified atom stereocenters. The first kappa shape index (κ1) is 22.5. The Kier molecular flexibility index (Phi) is 7.56. The molecule has 3 heteroatoms. The highest BCUT2D eigenvalue weighted by Crippen LogP contribution is 2.41. The van der Waals surface area contributed by atoms with E-state index < -0.39 is 0 Å². The highest BCUT2D eigenvalue weighted by atomic mass is 16.5. The number of nitrogens with one attached hydrogen (secondary N) is 1. The van der Waals surface area contributed by atoms with Gasteiger partial charge >= 0.3 is 5.97 Å². The Labute approximate surface area is 156 Å². The molecule has 1 N–H and O–H groups in total. The van der Waals surface area contributed by atoms with E-state index >= 15 is 0 Å². The lowest BCUT2D eigenvalue weighted by Crippen LogP contribution is -3.07. The maximum atomic E-state index is 12.2. The van der Waals surface area contributed by atoms with Crippen molar-refractivity contribution >= 4 is 5.97 Å². The Morgan fingerprint density at radius 2 is 1.52 bits per heavy atom. The lowest BCUT2D eigenvalue weighted by Gasteiger charge is -2.34. The molecule has 1 aliphatic rings. The molecule has 0 aromatic rings. The summed E-state index contributed by atoms with van der Waals surface area (Å²) < 4.78 is 5.05. The number of esters is 1. The molecule has 1 heterocycles. The molecule has 0 saturated carbocycles. The Bertz CT molecular complexity index is 438. The van der Waals surface area contributed by atoms with Crippen molar-refractivity contribution < 1.29 is 14.4 Å². The van der Waals surface area contributed by atoms with E-state index in [1.54, 1.807) is 4.90 Å². The number of methoxy groups -OCH3 is 1. The first-order chi connectivity index (χ1) is 11.3. The third kappa shape index (κ3) is 6.92. The van der Waals surface area contributed by atoms with Crippen LogP contribution >= 0.6 is 0 Å². The highest BCUT2D eigenvalue weighted by molar-refractivity contribution is 5.76. The zero-order valence-corrected chi connectivity index (χ0v) is 18.4. The van der Waals surface area contributed by atoms with Crippen molar-refractivity contribution in [3.8, 4) is 0 Å². The van der Waals surface area contributed by atoms with Crippen molar-refractivity contribution in [2.75, 3.05) is 27.2 Å².